The Morgan fingerprint density at radius 3 is 2.75 bits per heavy atom. The summed E-state index contributed by atoms with van der Waals surface area (Å²) in [7, 11) is 0. The van der Waals surface area contributed by atoms with Gasteiger partial charge in [0.1, 0.15) is 0 Å². The van der Waals surface area contributed by atoms with E-state index in [1.54, 1.807) is 5.57 Å². The molecule has 0 nitrogen and oxygen atoms in total. The third-order valence-electron chi connectivity index (χ3n) is 3.43. The molecule has 1 aliphatic carbocycles. The Morgan fingerprint density at radius 2 is 2.33 bits per heavy atom. The molecule has 0 radical (unpaired) electrons. The quantitative estimate of drug-likeness (QED) is 0.403. The van der Waals surface area contributed by atoms with E-state index < -0.39 is 0 Å². The highest BCUT2D eigenvalue weighted by molar-refractivity contribution is 14.1. The lowest BCUT2D eigenvalue weighted by Gasteiger charge is -2.37. The third-order valence-corrected chi connectivity index (χ3v) is 4.75. The number of rotatable bonds is 2. The molecule has 0 aromatic heterocycles. The fourth-order valence-electron chi connectivity index (χ4n) is 1.73. The number of hydrogen-bond acceptors (Lipinski definition) is 0. The van der Waals surface area contributed by atoms with Crippen molar-refractivity contribution < 1.29 is 0 Å². The van der Waals surface area contributed by atoms with Crippen molar-refractivity contribution in [2.24, 2.45) is 11.3 Å². The lowest BCUT2D eigenvalue weighted by atomic mass is 9.69. The van der Waals surface area contributed by atoms with Crippen LogP contribution in [0.3, 0.4) is 0 Å². The second kappa shape index (κ2) is 4.12. The van der Waals surface area contributed by atoms with E-state index in [9.17, 15) is 0 Å². The molecule has 0 spiro atoms. The van der Waals surface area contributed by atoms with Crippen LogP contribution in [0, 0.1) is 11.3 Å². The van der Waals surface area contributed by atoms with Crippen molar-refractivity contribution in [1.29, 1.82) is 0 Å². The normalized spacial score (nSPS) is 32.8. The van der Waals surface area contributed by atoms with Gasteiger partial charge in [0, 0.05) is 4.43 Å². The minimum Gasteiger partial charge on any atom is -0.0861 e. The average Bonchev–Trinajstić information content (AvgIpc) is 2.09. The first-order valence-corrected chi connectivity index (χ1v) is 6.32. The Labute approximate surface area is 90.0 Å². The molecule has 0 saturated heterocycles. The molecule has 0 heterocycles. The molecule has 12 heavy (non-hydrogen) atoms. The van der Waals surface area contributed by atoms with Crippen LogP contribution in [-0.2, 0) is 0 Å². The van der Waals surface area contributed by atoms with Gasteiger partial charge >= 0.3 is 0 Å². The predicted octanol–water partition coefficient (Wildman–Crippen LogP) is 4.19. The standard InChI is InChI=1S/C11H19I/c1-9-4-6-11(3,7-5-9)10(2)8-12/h4,10H,5-8H2,1-3H3. The maximum atomic E-state index is 2.51. The molecule has 0 aliphatic heterocycles. The van der Waals surface area contributed by atoms with Gasteiger partial charge in [-0.2, -0.15) is 0 Å². The largest absolute Gasteiger partial charge is 0.0861 e. The minimum atomic E-state index is 0.584. The van der Waals surface area contributed by atoms with E-state index in [1.807, 2.05) is 0 Å². The summed E-state index contributed by atoms with van der Waals surface area (Å²) in [5.74, 6) is 0.863. The van der Waals surface area contributed by atoms with Crippen LogP contribution in [0.4, 0.5) is 0 Å². The lowest BCUT2D eigenvalue weighted by molar-refractivity contribution is 0.199. The summed E-state index contributed by atoms with van der Waals surface area (Å²) in [6, 6.07) is 0. The fraction of sp³-hybridized carbons (Fsp3) is 0.818. The molecule has 0 amide bonds. The van der Waals surface area contributed by atoms with Crippen LogP contribution in [0.25, 0.3) is 0 Å². The van der Waals surface area contributed by atoms with Gasteiger partial charge in [-0.3, -0.25) is 0 Å². The zero-order valence-corrected chi connectivity index (χ0v) is 10.5. The predicted molar refractivity (Wildman–Crippen MR) is 63.8 cm³/mol. The Bertz CT molecular complexity index is 183. The first-order valence-electron chi connectivity index (χ1n) is 4.80. The van der Waals surface area contributed by atoms with Crippen LogP contribution in [0.2, 0.25) is 0 Å². The van der Waals surface area contributed by atoms with E-state index >= 15 is 0 Å². The van der Waals surface area contributed by atoms with Gasteiger partial charge in [-0.25, -0.2) is 0 Å². The van der Waals surface area contributed by atoms with Crippen LogP contribution in [0.1, 0.15) is 40.0 Å². The van der Waals surface area contributed by atoms with Crippen molar-refractivity contribution >= 4 is 22.6 Å². The van der Waals surface area contributed by atoms with Crippen molar-refractivity contribution in [2.75, 3.05) is 4.43 Å². The SMILES string of the molecule is CC1=CCC(C)(C(C)CI)CC1. The molecule has 2 unspecified atom stereocenters. The van der Waals surface area contributed by atoms with Gasteiger partial charge < -0.3 is 0 Å². The van der Waals surface area contributed by atoms with Gasteiger partial charge in [0.15, 0.2) is 0 Å². The van der Waals surface area contributed by atoms with Crippen molar-refractivity contribution in [2.45, 2.75) is 40.0 Å². The summed E-state index contributed by atoms with van der Waals surface area (Å²) in [5.41, 5.74) is 2.17. The van der Waals surface area contributed by atoms with Crippen LogP contribution in [-0.4, -0.2) is 4.43 Å². The summed E-state index contributed by atoms with van der Waals surface area (Å²) in [4.78, 5) is 0. The minimum absolute atomic E-state index is 0.584. The van der Waals surface area contributed by atoms with E-state index in [4.69, 9.17) is 0 Å². The van der Waals surface area contributed by atoms with Crippen molar-refractivity contribution in [1.82, 2.24) is 0 Å². The third kappa shape index (κ3) is 2.24. The molecule has 70 valence electrons. The molecule has 1 aliphatic rings. The summed E-state index contributed by atoms with van der Waals surface area (Å²) < 4.78 is 1.29. The number of allylic oxidation sites excluding steroid dienone is 2. The van der Waals surface area contributed by atoms with Gasteiger partial charge in [-0.05, 0) is 37.5 Å². The zero-order valence-electron chi connectivity index (χ0n) is 8.36. The zero-order chi connectivity index (χ0) is 9.19. The second-order valence-corrected chi connectivity index (χ2v) is 5.34. The molecule has 1 rings (SSSR count). The van der Waals surface area contributed by atoms with E-state index in [1.165, 1.54) is 23.7 Å². The first-order chi connectivity index (χ1) is 5.58. The number of halogens is 1. The topological polar surface area (TPSA) is 0 Å². The highest BCUT2D eigenvalue weighted by Gasteiger charge is 2.30. The smallest absolute Gasteiger partial charge is 0.00263 e. The Hall–Kier alpha value is 0.470. The molecule has 0 bridgehead atoms. The Kier molecular flexibility index (Phi) is 3.62. The molecule has 1 heteroatoms. The maximum Gasteiger partial charge on any atom is 0.00263 e. The van der Waals surface area contributed by atoms with Gasteiger partial charge in [0.25, 0.3) is 0 Å². The molecular weight excluding hydrogens is 259 g/mol. The monoisotopic (exact) mass is 278 g/mol. The van der Waals surface area contributed by atoms with Crippen LogP contribution >= 0.6 is 22.6 Å². The number of alkyl halides is 1. The average molecular weight is 278 g/mol. The summed E-state index contributed by atoms with van der Waals surface area (Å²) >= 11 is 2.51. The number of hydrogen-bond donors (Lipinski definition) is 0. The van der Waals surface area contributed by atoms with Gasteiger partial charge in [-0.1, -0.05) is 48.1 Å². The van der Waals surface area contributed by atoms with E-state index in [0.717, 1.165) is 5.92 Å². The maximum absolute atomic E-state index is 2.51. The summed E-state index contributed by atoms with van der Waals surface area (Å²) in [6.07, 6.45) is 6.44. The molecule has 2 atom stereocenters. The molecule has 0 saturated carbocycles. The van der Waals surface area contributed by atoms with Crippen LogP contribution < -0.4 is 0 Å². The van der Waals surface area contributed by atoms with Crippen molar-refractivity contribution in [3.63, 3.8) is 0 Å². The molecule has 0 aromatic carbocycles. The first kappa shape index (κ1) is 10.6. The van der Waals surface area contributed by atoms with Gasteiger partial charge in [-0.15, -0.1) is 0 Å². The summed E-state index contributed by atoms with van der Waals surface area (Å²) in [6.45, 7) is 7.09. The molecular formula is C11H19I. The van der Waals surface area contributed by atoms with E-state index in [2.05, 4.69) is 49.4 Å². The van der Waals surface area contributed by atoms with Gasteiger partial charge in [0.2, 0.25) is 0 Å². The highest BCUT2D eigenvalue weighted by Crippen LogP contribution is 2.41. The van der Waals surface area contributed by atoms with E-state index in [-0.39, 0.29) is 0 Å². The molecule has 0 aromatic rings. The molecule has 0 N–H and O–H groups in total. The Morgan fingerprint density at radius 1 is 1.67 bits per heavy atom. The second-order valence-electron chi connectivity index (χ2n) is 4.46. The van der Waals surface area contributed by atoms with Crippen LogP contribution in [0.5, 0.6) is 0 Å². The highest BCUT2D eigenvalue weighted by atomic mass is 127. The lowest BCUT2D eigenvalue weighted by Crippen LogP contribution is -2.28. The Balaban J connectivity index is 2.63. The van der Waals surface area contributed by atoms with Crippen LogP contribution in [0.15, 0.2) is 11.6 Å². The van der Waals surface area contributed by atoms with E-state index in [0.29, 0.717) is 5.41 Å². The summed E-state index contributed by atoms with van der Waals surface area (Å²) in [5, 5.41) is 0. The van der Waals surface area contributed by atoms with Crippen molar-refractivity contribution in [3.8, 4) is 0 Å². The fourth-order valence-corrected chi connectivity index (χ4v) is 2.79. The molecule has 0 fully saturated rings. The van der Waals surface area contributed by atoms with Gasteiger partial charge in [0.05, 0.1) is 0 Å². The van der Waals surface area contributed by atoms with Crippen molar-refractivity contribution in [3.05, 3.63) is 11.6 Å².